The molecule has 0 radical (unpaired) electrons. The molecule has 28 heavy (non-hydrogen) atoms. The number of pyridine rings is 1. The Bertz CT molecular complexity index is 882. The number of ether oxygens (including phenoxy) is 2. The molecule has 1 aromatic carbocycles. The smallest absolute Gasteiger partial charge is 0.231 e. The first-order valence-electron chi connectivity index (χ1n) is 9.11. The topological polar surface area (TPSA) is 89.5 Å². The zero-order valence-corrected chi connectivity index (χ0v) is 15.4. The fourth-order valence-corrected chi connectivity index (χ4v) is 3.64. The van der Waals surface area contributed by atoms with Gasteiger partial charge in [0.1, 0.15) is 5.75 Å². The van der Waals surface area contributed by atoms with E-state index in [0.29, 0.717) is 18.0 Å². The molecule has 1 fully saturated rings. The van der Waals surface area contributed by atoms with Crippen molar-refractivity contribution in [1.82, 2.24) is 10.3 Å². The van der Waals surface area contributed by atoms with Gasteiger partial charge in [0, 0.05) is 24.6 Å². The maximum atomic E-state index is 12.9. The third kappa shape index (κ3) is 3.61. The summed E-state index contributed by atoms with van der Waals surface area (Å²) in [5.74, 6) is -0.869. The maximum Gasteiger partial charge on any atom is 0.231 e. The molecule has 7 nitrogen and oxygen atoms in total. The van der Waals surface area contributed by atoms with Gasteiger partial charge in [0.25, 0.3) is 0 Å². The lowest BCUT2D eigenvalue weighted by molar-refractivity contribution is -0.131. The number of rotatable bonds is 6. The summed E-state index contributed by atoms with van der Waals surface area (Å²) in [4.78, 5) is 29.8. The van der Waals surface area contributed by atoms with Crippen LogP contribution in [0.5, 0.6) is 5.75 Å². The molecular weight excluding hydrogens is 358 g/mol. The molecule has 2 bridgehead atoms. The van der Waals surface area contributed by atoms with Crippen LogP contribution in [0.15, 0.2) is 60.9 Å². The number of nitrogens with zero attached hydrogens (tertiary/aromatic N) is 1. The molecule has 2 amide bonds. The van der Waals surface area contributed by atoms with Crippen molar-refractivity contribution in [1.29, 1.82) is 0 Å². The molecule has 4 atom stereocenters. The van der Waals surface area contributed by atoms with Gasteiger partial charge in [-0.2, -0.15) is 0 Å². The third-order valence-electron chi connectivity index (χ3n) is 5.05. The van der Waals surface area contributed by atoms with Crippen molar-refractivity contribution in [2.45, 2.75) is 18.8 Å². The van der Waals surface area contributed by atoms with Gasteiger partial charge in [-0.05, 0) is 35.9 Å². The van der Waals surface area contributed by atoms with E-state index in [1.54, 1.807) is 43.8 Å². The number of amides is 2. The number of hydrogen-bond acceptors (Lipinski definition) is 5. The van der Waals surface area contributed by atoms with Crippen molar-refractivity contribution in [2.75, 3.05) is 12.4 Å². The van der Waals surface area contributed by atoms with Crippen molar-refractivity contribution < 1.29 is 19.1 Å². The molecular formula is C21H21N3O4. The van der Waals surface area contributed by atoms with Crippen LogP contribution in [-0.2, 0) is 20.9 Å². The molecule has 2 N–H and O–H groups in total. The van der Waals surface area contributed by atoms with Gasteiger partial charge in [-0.25, -0.2) is 0 Å². The average molecular weight is 379 g/mol. The minimum atomic E-state index is -0.578. The number of nitrogens with one attached hydrogen (secondary N) is 2. The van der Waals surface area contributed by atoms with Crippen LogP contribution in [0.1, 0.15) is 5.56 Å². The van der Waals surface area contributed by atoms with E-state index in [2.05, 4.69) is 15.6 Å². The second-order valence-electron chi connectivity index (χ2n) is 6.80. The van der Waals surface area contributed by atoms with Crippen LogP contribution >= 0.6 is 0 Å². The molecule has 1 saturated heterocycles. The average Bonchev–Trinajstić information content (AvgIpc) is 3.35. The number of benzene rings is 1. The molecule has 0 unspecified atom stereocenters. The molecule has 4 rings (SSSR count). The van der Waals surface area contributed by atoms with Crippen LogP contribution in [0.2, 0.25) is 0 Å². The van der Waals surface area contributed by atoms with E-state index < -0.39 is 17.9 Å². The van der Waals surface area contributed by atoms with Crippen LogP contribution in [0.25, 0.3) is 0 Å². The fraction of sp³-hybridized carbons (Fsp3) is 0.286. The maximum absolute atomic E-state index is 12.9. The molecule has 0 aliphatic carbocycles. The minimum Gasteiger partial charge on any atom is -0.497 e. The fourth-order valence-electron chi connectivity index (χ4n) is 3.64. The molecule has 7 heteroatoms. The number of carbonyl (C=O) groups is 2. The molecule has 1 aromatic heterocycles. The van der Waals surface area contributed by atoms with Gasteiger partial charge < -0.3 is 20.1 Å². The van der Waals surface area contributed by atoms with Crippen molar-refractivity contribution in [3.05, 3.63) is 66.5 Å². The third-order valence-corrected chi connectivity index (χ3v) is 5.05. The monoisotopic (exact) mass is 379 g/mol. The molecule has 2 aliphatic rings. The molecule has 2 aromatic rings. The lowest BCUT2D eigenvalue weighted by Gasteiger charge is -2.23. The quantitative estimate of drug-likeness (QED) is 0.749. The first-order valence-corrected chi connectivity index (χ1v) is 9.11. The molecule has 144 valence electrons. The number of hydrogen-bond donors (Lipinski definition) is 2. The van der Waals surface area contributed by atoms with Crippen LogP contribution in [0.4, 0.5) is 5.69 Å². The first-order chi connectivity index (χ1) is 13.7. The van der Waals surface area contributed by atoms with Crippen LogP contribution in [0, 0.1) is 11.8 Å². The highest BCUT2D eigenvalue weighted by atomic mass is 16.5. The largest absolute Gasteiger partial charge is 0.497 e. The number of methoxy groups -OCH3 is 1. The lowest BCUT2D eigenvalue weighted by Crippen LogP contribution is -2.44. The SMILES string of the molecule is COc1ccc(NC(=O)[C@@H]2[C@H](C(=O)NCc3cccnc3)[C@H]3C=C[C@H]2O3)cc1. The first kappa shape index (κ1) is 18.2. The van der Waals surface area contributed by atoms with E-state index in [4.69, 9.17) is 9.47 Å². The van der Waals surface area contributed by atoms with Crippen LogP contribution in [0.3, 0.4) is 0 Å². The highest BCUT2D eigenvalue weighted by molar-refractivity contribution is 5.97. The summed E-state index contributed by atoms with van der Waals surface area (Å²) in [7, 11) is 1.58. The number of carbonyl (C=O) groups excluding carboxylic acids is 2. The van der Waals surface area contributed by atoms with E-state index in [1.807, 2.05) is 24.3 Å². The predicted molar refractivity (Wildman–Crippen MR) is 102 cm³/mol. The highest BCUT2D eigenvalue weighted by Gasteiger charge is 2.52. The van der Waals surface area contributed by atoms with Crippen molar-refractivity contribution in [2.24, 2.45) is 11.8 Å². The van der Waals surface area contributed by atoms with E-state index in [0.717, 1.165) is 5.56 Å². The molecule has 0 saturated carbocycles. The lowest BCUT2D eigenvalue weighted by atomic mass is 9.81. The van der Waals surface area contributed by atoms with Crippen LogP contribution < -0.4 is 15.4 Å². The number of fused-ring (bicyclic) bond motifs is 2. The summed E-state index contributed by atoms with van der Waals surface area (Å²) in [5.41, 5.74) is 1.54. The van der Waals surface area contributed by atoms with Gasteiger partial charge >= 0.3 is 0 Å². The van der Waals surface area contributed by atoms with E-state index in [-0.39, 0.29) is 17.9 Å². The normalized spacial score (nSPS) is 24.8. The van der Waals surface area contributed by atoms with E-state index >= 15 is 0 Å². The van der Waals surface area contributed by atoms with Crippen molar-refractivity contribution >= 4 is 17.5 Å². The Labute approximate surface area is 162 Å². The summed E-state index contributed by atoms with van der Waals surface area (Å²) < 4.78 is 10.9. The predicted octanol–water partition coefficient (Wildman–Crippen LogP) is 1.91. The van der Waals surface area contributed by atoms with Gasteiger partial charge in [-0.15, -0.1) is 0 Å². The standard InChI is InChI=1S/C21H21N3O4/c1-27-15-6-4-14(5-7-15)24-21(26)19-17-9-8-16(28-17)18(19)20(25)23-12-13-3-2-10-22-11-13/h2-11,16-19H,12H2,1H3,(H,23,25)(H,24,26)/t16-,17-,18-,19+/m1/s1. The Balaban J connectivity index is 1.44. The van der Waals surface area contributed by atoms with Crippen molar-refractivity contribution in [3.8, 4) is 5.75 Å². The summed E-state index contributed by atoms with van der Waals surface area (Å²) in [6, 6.07) is 10.8. The molecule has 2 aliphatic heterocycles. The summed E-state index contributed by atoms with van der Waals surface area (Å²) in [5, 5.41) is 5.78. The van der Waals surface area contributed by atoms with E-state index in [1.165, 1.54) is 0 Å². The van der Waals surface area contributed by atoms with Gasteiger partial charge in [0.05, 0.1) is 31.2 Å². The molecule has 0 spiro atoms. The zero-order chi connectivity index (χ0) is 19.5. The van der Waals surface area contributed by atoms with Crippen molar-refractivity contribution in [3.63, 3.8) is 0 Å². The van der Waals surface area contributed by atoms with E-state index in [9.17, 15) is 9.59 Å². The Kier molecular flexibility index (Phi) is 5.08. The van der Waals surface area contributed by atoms with Gasteiger partial charge in [-0.1, -0.05) is 18.2 Å². The summed E-state index contributed by atoms with van der Waals surface area (Å²) in [6.07, 6.45) is 6.32. The van der Waals surface area contributed by atoms with Gasteiger partial charge in [0.15, 0.2) is 0 Å². The Hall–Kier alpha value is -3.19. The zero-order valence-electron chi connectivity index (χ0n) is 15.4. The Morgan fingerprint density at radius 3 is 2.43 bits per heavy atom. The Morgan fingerprint density at radius 1 is 1.07 bits per heavy atom. The highest BCUT2D eigenvalue weighted by Crippen LogP contribution is 2.40. The van der Waals surface area contributed by atoms with Crippen LogP contribution in [-0.4, -0.2) is 36.1 Å². The number of aromatic nitrogens is 1. The second-order valence-corrected chi connectivity index (χ2v) is 6.80. The second kappa shape index (κ2) is 7.82. The van der Waals surface area contributed by atoms with Gasteiger partial charge in [0.2, 0.25) is 11.8 Å². The Morgan fingerprint density at radius 2 is 1.79 bits per heavy atom. The molecule has 3 heterocycles. The summed E-state index contributed by atoms with van der Waals surface area (Å²) >= 11 is 0. The minimum absolute atomic E-state index is 0.199. The summed E-state index contributed by atoms with van der Waals surface area (Å²) in [6.45, 7) is 0.358. The van der Waals surface area contributed by atoms with Gasteiger partial charge in [-0.3, -0.25) is 14.6 Å². The number of anilines is 1.